The van der Waals surface area contributed by atoms with Crippen LogP contribution in [0.15, 0.2) is 0 Å². The van der Waals surface area contributed by atoms with E-state index in [1.165, 1.54) is 44.9 Å². The lowest BCUT2D eigenvalue weighted by atomic mass is 9.81. The molecule has 0 aromatic heterocycles. The molecular formula is C19H36N2O2. The van der Waals surface area contributed by atoms with Gasteiger partial charge in [0.2, 0.25) is 0 Å². The standard InChI is InChI=1S/C19H36N2O2/c1-14(13-15-9-8-10-15)20-16-11-6-5-7-12-17(16)21-18(22)23-19(2,3)4/h14-17,20H,5-13H2,1-4H3,(H,21,22). The van der Waals surface area contributed by atoms with Crippen LogP contribution in [0.4, 0.5) is 4.79 Å². The zero-order valence-electron chi connectivity index (χ0n) is 15.5. The Bertz CT molecular complexity index is 374. The highest BCUT2D eigenvalue weighted by Gasteiger charge is 2.29. The lowest BCUT2D eigenvalue weighted by molar-refractivity contribution is 0.0487. The van der Waals surface area contributed by atoms with Crippen LogP contribution >= 0.6 is 0 Å². The predicted octanol–water partition coefficient (Wildman–Crippen LogP) is 4.38. The lowest BCUT2D eigenvalue weighted by Crippen LogP contribution is -2.52. The van der Waals surface area contributed by atoms with Crippen LogP contribution in [0.1, 0.15) is 85.5 Å². The number of carbonyl (C=O) groups is 1. The molecule has 3 atom stereocenters. The van der Waals surface area contributed by atoms with Gasteiger partial charge in [0.15, 0.2) is 0 Å². The summed E-state index contributed by atoms with van der Waals surface area (Å²) in [5.74, 6) is 0.917. The van der Waals surface area contributed by atoms with Gasteiger partial charge in [-0.05, 0) is 52.9 Å². The van der Waals surface area contributed by atoms with Gasteiger partial charge in [-0.2, -0.15) is 0 Å². The number of ether oxygens (including phenoxy) is 1. The highest BCUT2D eigenvalue weighted by atomic mass is 16.6. The Hall–Kier alpha value is -0.770. The maximum absolute atomic E-state index is 12.1. The van der Waals surface area contributed by atoms with Crippen molar-refractivity contribution in [1.82, 2.24) is 10.6 Å². The van der Waals surface area contributed by atoms with E-state index in [0.717, 1.165) is 18.8 Å². The van der Waals surface area contributed by atoms with Crippen molar-refractivity contribution in [2.45, 2.75) is 109 Å². The molecule has 0 aromatic carbocycles. The third-order valence-corrected chi connectivity index (χ3v) is 5.13. The number of carbonyl (C=O) groups excluding carboxylic acids is 1. The molecule has 2 aliphatic carbocycles. The Balaban J connectivity index is 1.86. The summed E-state index contributed by atoms with van der Waals surface area (Å²) in [6.07, 6.45) is 11.1. The van der Waals surface area contributed by atoms with Crippen LogP contribution in [-0.2, 0) is 4.74 Å². The molecule has 0 aromatic rings. The third-order valence-electron chi connectivity index (χ3n) is 5.13. The summed E-state index contributed by atoms with van der Waals surface area (Å²) in [5.41, 5.74) is -0.435. The van der Waals surface area contributed by atoms with Gasteiger partial charge in [-0.25, -0.2) is 4.79 Å². The SMILES string of the molecule is CC(CC1CCC1)NC1CCCCCC1NC(=O)OC(C)(C)C. The fraction of sp³-hybridized carbons (Fsp3) is 0.947. The first-order chi connectivity index (χ1) is 10.8. The van der Waals surface area contributed by atoms with Gasteiger partial charge in [-0.1, -0.05) is 38.5 Å². The van der Waals surface area contributed by atoms with E-state index in [0.29, 0.717) is 12.1 Å². The maximum Gasteiger partial charge on any atom is 0.407 e. The summed E-state index contributed by atoms with van der Waals surface area (Å²) in [6, 6.07) is 1.10. The van der Waals surface area contributed by atoms with E-state index in [1.54, 1.807) is 0 Å². The first-order valence-electron chi connectivity index (χ1n) is 9.59. The van der Waals surface area contributed by atoms with Crippen molar-refractivity contribution >= 4 is 6.09 Å². The van der Waals surface area contributed by atoms with E-state index in [2.05, 4.69) is 17.6 Å². The summed E-state index contributed by atoms with van der Waals surface area (Å²) in [6.45, 7) is 8.04. The molecule has 4 nitrogen and oxygen atoms in total. The van der Waals surface area contributed by atoms with Gasteiger partial charge >= 0.3 is 6.09 Å². The topological polar surface area (TPSA) is 50.4 Å². The molecule has 2 N–H and O–H groups in total. The largest absolute Gasteiger partial charge is 0.444 e. The van der Waals surface area contributed by atoms with Gasteiger partial charge in [-0.3, -0.25) is 0 Å². The Morgan fingerprint density at radius 3 is 2.26 bits per heavy atom. The highest BCUT2D eigenvalue weighted by Crippen LogP contribution is 2.30. The fourth-order valence-electron chi connectivity index (χ4n) is 3.80. The minimum absolute atomic E-state index is 0.191. The van der Waals surface area contributed by atoms with Crippen LogP contribution in [-0.4, -0.2) is 29.8 Å². The van der Waals surface area contributed by atoms with E-state index in [-0.39, 0.29) is 12.1 Å². The summed E-state index contributed by atoms with van der Waals surface area (Å²) in [4.78, 5) is 12.1. The van der Waals surface area contributed by atoms with E-state index in [9.17, 15) is 4.79 Å². The molecule has 0 radical (unpaired) electrons. The molecule has 134 valence electrons. The Morgan fingerprint density at radius 1 is 1.04 bits per heavy atom. The van der Waals surface area contributed by atoms with E-state index < -0.39 is 5.60 Å². The minimum Gasteiger partial charge on any atom is -0.444 e. The predicted molar refractivity (Wildman–Crippen MR) is 94.6 cm³/mol. The summed E-state index contributed by atoms with van der Waals surface area (Å²) >= 11 is 0. The van der Waals surface area contributed by atoms with Crippen molar-refractivity contribution in [2.24, 2.45) is 5.92 Å². The molecule has 23 heavy (non-hydrogen) atoms. The van der Waals surface area contributed by atoms with Crippen molar-refractivity contribution in [3.63, 3.8) is 0 Å². The second-order valence-electron chi connectivity index (χ2n) is 8.60. The average molecular weight is 325 g/mol. The molecule has 2 saturated carbocycles. The summed E-state index contributed by atoms with van der Waals surface area (Å²) < 4.78 is 5.45. The van der Waals surface area contributed by atoms with E-state index >= 15 is 0 Å². The molecule has 0 bridgehead atoms. The third kappa shape index (κ3) is 6.70. The Kier molecular flexibility index (Phi) is 6.75. The fourth-order valence-corrected chi connectivity index (χ4v) is 3.80. The summed E-state index contributed by atoms with van der Waals surface area (Å²) in [7, 11) is 0. The van der Waals surface area contributed by atoms with Crippen molar-refractivity contribution in [2.75, 3.05) is 0 Å². The molecule has 2 rings (SSSR count). The van der Waals surface area contributed by atoms with Crippen molar-refractivity contribution < 1.29 is 9.53 Å². The molecule has 3 unspecified atom stereocenters. The molecule has 1 amide bonds. The van der Waals surface area contributed by atoms with Gasteiger partial charge in [0.25, 0.3) is 0 Å². The number of hydrogen-bond donors (Lipinski definition) is 2. The molecule has 4 heteroatoms. The van der Waals surface area contributed by atoms with Crippen LogP contribution in [0.2, 0.25) is 0 Å². The molecule has 0 aliphatic heterocycles. The highest BCUT2D eigenvalue weighted by molar-refractivity contribution is 5.68. The Morgan fingerprint density at radius 2 is 1.70 bits per heavy atom. The number of nitrogens with one attached hydrogen (secondary N) is 2. The quantitative estimate of drug-likeness (QED) is 0.738. The van der Waals surface area contributed by atoms with Gasteiger partial charge in [0, 0.05) is 18.1 Å². The van der Waals surface area contributed by atoms with Crippen LogP contribution in [0.5, 0.6) is 0 Å². The molecule has 0 spiro atoms. The zero-order valence-corrected chi connectivity index (χ0v) is 15.5. The van der Waals surface area contributed by atoms with Crippen LogP contribution in [0.25, 0.3) is 0 Å². The number of hydrogen-bond acceptors (Lipinski definition) is 3. The van der Waals surface area contributed by atoms with Crippen LogP contribution in [0, 0.1) is 5.92 Å². The molecular weight excluding hydrogens is 288 g/mol. The van der Waals surface area contributed by atoms with Crippen molar-refractivity contribution in [3.8, 4) is 0 Å². The van der Waals surface area contributed by atoms with Gasteiger partial charge in [0.05, 0.1) is 0 Å². The monoisotopic (exact) mass is 324 g/mol. The second kappa shape index (κ2) is 8.36. The van der Waals surface area contributed by atoms with Gasteiger partial charge in [0.1, 0.15) is 5.60 Å². The molecule has 2 fully saturated rings. The molecule has 0 saturated heterocycles. The molecule has 2 aliphatic rings. The number of amides is 1. The Labute approximate surface area is 142 Å². The zero-order chi connectivity index (χ0) is 16.9. The van der Waals surface area contributed by atoms with Crippen LogP contribution in [0.3, 0.4) is 0 Å². The lowest BCUT2D eigenvalue weighted by Gasteiger charge is -2.34. The normalized spacial score (nSPS) is 27.7. The maximum atomic E-state index is 12.1. The summed E-state index contributed by atoms with van der Waals surface area (Å²) in [5, 5.41) is 6.93. The first-order valence-corrected chi connectivity index (χ1v) is 9.59. The van der Waals surface area contributed by atoms with Gasteiger partial charge in [-0.15, -0.1) is 0 Å². The van der Waals surface area contributed by atoms with Crippen molar-refractivity contribution in [1.29, 1.82) is 0 Å². The first kappa shape index (κ1) is 18.6. The van der Waals surface area contributed by atoms with E-state index in [4.69, 9.17) is 4.74 Å². The minimum atomic E-state index is -0.435. The second-order valence-corrected chi connectivity index (χ2v) is 8.60. The number of rotatable bonds is 5. The number of alkyl carbamates (subject to hydrolysis) is 1. The smallest absolute Gasteiger partial charge is 0.407 e. The molecule has 0 heterocycles. The van der Waals surface area contributed by atoms with E-state index in [1.807, 2.05) is 20.8 Å². The average Bonchev–Trinajstić information content (AvgIpc) is 2.58. The van der Waals surface area contributed by atoms with Crippen molar-refractivity contribution in [3.05, 3.63) is 0 Å². The van der Waals surface area contributed by atoms with Crippen LogP contribution < -0.4 is 10.6 Å². The van der Waals surface area contributed by atoms with Gasteiger partial charge < -0.3 is 15.4 Å².